The van der Waals surface area contributed by atoms with Gasteiger partial charge in [-0.1, -0.05) is 5.21 Å². The minimum absolute atomic E-state index is 0.0627. The van der Waals surface area contributed by atoms with Crippen LogP contribution in [0.5, 0.6) is 0 Å². The van der Waals surface area contributed by atoms with E-state index in [4.69, 9.17) is 5.73 Å². The lowest BCUT2D eigenvalue weighted by atomic mass is 10.3. The van der Waals surface area contributed by atoms with Crippen LogP contribution in [0.15, 0.2) is 29.3 Å². The number of nitrogens with two attached hydrogens (primary N) is 1. The molecule has 0 spiro atoms. The van der Waals surface area contributed by atoms with Gasteiger partial charge >= 0.3 is 0 Å². The van der Waals surface area contributed by atoms with Gasteiger partial charge in [-0.25, -0.2) is 12.8 Å². The van der Waals surface area contributed by atoms with Crippen LogP contribution in [0.4, 0.5) is 10.1 Å². The lowest BCUT2D eigenvalue weighted by Crippen LogP contribution is -2.06. The lowest BCUT2D eigenvalue weighted by Gasteiger charge is -2.03. The molecule has 2 rings (SSSR count). The third-order valence-electron chi connectivity index (χ3n) is 2.24. The van der Waals surface area contributed by atoms with E-state index < -0.39 is 15.7 Å². The molecule has 8 heteroatoms. The van der Waals surface area contributed by atoms with Crippen LogP contribution in [0.2, 0.25) is 0 Å². The van der Waals surface area contributed by atoms with E-state index in [2.05, 4.69) is 10.3 Å². The molecule has 0 atom stereocenters. The predicted octanol–water partition coefficient (Wildman–Crippen LogP) is 0.510. The van der Waals surface area contributed by atoms with Crippen molar-refractivity contribution >= 4 is 15.5 Å². The Bertz CT molecular complexity index is 661. The van der Waals surface area contributed by atoms with Gasteiger partial charge in [0.25, 0.3) is 0 Å². The lowest BCUT2D eigenvalue weighted by molar-refractivity contribution is 0.589. The first-order valence-electron chi connectivity index (χ1n) is 5.01. The third-order valence-corrected chi connectivity index (χ3v) is 3.87. The van der Waals surface area contributed by atoms with E-state index in [1.54, 1.807) is 7.05 Å². The smallest absolute Gasteiger partial charge is 0.184 e. The van der Waals surface area contributed by atoms with E-state index in [0.717, 1.165) is 12.1 Å². The molecule has 0 aliphatic heterocycles. The first-order chi connectivity index (χ1) is 8.37. The second-order valence-electron chi connectivity index (χ2n) is 3.86. The first-order valence-corrected chi connectivity index (χ1v) is 6.66. The molecule has 1 aromatic carbocycles. The summed E-state index contributed by atoms with van der Waals surface area (Å²) in [6, 6.07) is 3.21. The number of aromatic nitrogens is 3. The maximum absolute atomic E-state index is 13.1. The minimum atomic E-state index is -3.68. The van der Waals surface area contributed by atoms with Crippen LogP contribution in [0.3, 0.4) is 0 Å². The molecule has 18 heavy (non-hydrogen) atoms. The molecular weight excluding hydrogens is 259 g/mol. The summed E-state index contributed by atoms with van der Waals surface area (Å²) in [7, 11) is -2.05. The Kier molecular flexibility index (Phi) is 3.04. The maximum atomic E-state index is 13.1. The number of nitrogen functional groups attached to an aromatic ring is 1. The molecular formula is C10H11FN4O2S. The van der Waals surface area contributed by atoms with E-state index >= 15 is 0 Å². The number of nitrogens with zero attached hydrogens (tertiary/aromatic N) is 3. The molecule has 0 fully saturated rings. The molecule has 6 nitrogen and oxygen atoms in total. The molecule has 1 aromatic heterocycles. The summed E-state index contributed by atoms with van der Waals surface area (Å²) >= 11 is 0. The Morgan fingerprint density at radius 2 is 2.11 bits per heavy atom. The Morgan fingerprint density at radius 1 is 1.39 bits per heavy atom. The fourth-order valence-electron chi connectivity index (χ4n) is 1.50. The molecule has 0 radical (unpaired) electrons. The zero-order valence-corrected chi connectivity index (χ0v) is 10.4. The van der Waals surface area contributed by atoms with Crippen molar-refractivity contribution in [3.63, 3.8) is 0 Å². The van der Waals surface area contributed by atoms with Crippen LogP contribution in [0.25, 0.3) is 0 Å². The van der Waals surface area contributed by atoms with Gasteiger partial charge in [0, 0.05) is 18.9 Å². The van der Waals surface area contributed by atoms with Gasteiger partial charge < -0.3 is 5.73 Å². The molecule has 2 N–H and O–H groups in total. The Hall–Kier alpha value is -1.96. The highest BCUT2D eigenvalue weighted by molar-refractivity contribution is 7.90. The topological polar surface area (TPSA) is 90.9 Å². The fraction of sp³-hybridized carbons (Fsp3) is 0.200. The van der Waals surface area contributed by atoms with Crippen molar-refractivity contribution in [1.29, 1.82) is 0 Å². The summed E-state index contributed by atoms with van der Waals surface area (Å²) in [5.41, 5.74) is 5.77. The van der Waals surface area contributed by atoms with Crippen molar-refractivity contribution < 1.29 is 12.8 Å². The summed E-state index contributed by atoms with van der Waals surface area (Å²) < 4.78 is 38.6. The number of benzene rings is 1. The van der Waals surface area contributed by atoms with Gasteiger partial charge in [-0.3, -0.25) is 4.68 Å². The summed E-state index contributed by atoms with van der Waals surface area (Å²) in [5.74, 6) is -1.03. The molecule has 0 saturated heterocycles. The highest BCUT2D eigenvalue weighted by atomic mass is 32.2. The standard InChI is InChI=1S/C10H11FN4O2S/c1-15-5-9(13-14-15)6-18(16,17)10-3-7(11)2-8(12)4-10/h2-5H,6,12H2,1H3. The number of aryl methyl sites for hydroxylation is 1. The zero-order chi connectivity index (χ0) is 13.3. The Labute approximate surface area is 103 Å². The van der Waals surface area contributed by atoms with Gasteiger partial charge in [0.2, 0.25) is 0 Å². The average molecular weight is 270 g/mol. The van der Waals surface area contributed by atoms with Crippen molar-refractivity contribution in [3.05, 3.63) is 35.9 Å². The largest absolute Gasteiger partial charge is 0.399 e. The highest BCUT2D eigenvalue weighted by Crippen LogP contribution is 2.19. The van der Waals surface area contributed by atoms with Crippen molar-refractivity contribution in [2.24, 2.45) is 7.05 Å². The molecule has 0 saturated carbocycles. The van der Waals surface area contributed by atoms with Gasteiger partial charge in [0.1, 0.15) is 11.6 Å². The SMILES string of the molecule is Cn1cc(CS(=O)(=O)c2cc(N)cc(F)c2)nn1. The molecule has 0 aliphatic rings. The minimum Gasteiger partial charge on any atom is -0.399 e. The van der Waals surface area contributed by atoms with Gasteiger partial charge in [0.05, 0.1) is 10.6 Å². The van der Waals surface area contributed by atoms with Crippen molar-refractivity contribution in [2.45, 2.75) is 10.6 Å². The van der Waals surface area contributed by atoms with E-state index in [1.807, 2.05) is 0 Å². The monoisotopic (exact) mass is 270 g/mol. The summed E-state index contributed by atoms with van der Waals surface area (Å²) in [6.45, 7) is 0. The van der Waals surface area contributed by atoms with Gasteiger partial charge in [0.15, 0.2) is 9.84 Å². The molecule has 0 amide bonds. The number of rotatable bonds is 3. The van der Waals surface area contributed by atoms with E-state index in [0.29, 0.717) is 5.69 Å². The molecule has 1 heterocycles. The predicted molar refractivity (Wildman–Crippen MR) is 62.7 cm³/mol. The number of hydrogen-bond donors (Lipinski definition) is 1. The van der Waals surface area contributed by atoms with Gasteiger partial charge in [-0.2, -0.15) is 0 Å². The molecule has 0 aliphatic carbocycles. The van der Waals surface area contributed by atoms with E-state index in [1.165, 1.54) is 16.9 Å². The summed E-state index contributed by atoms with van der Waals surface area (Å²) in [4.78, 5) is -0.161. The van der Waals surface area contributed by atoms with Crippen molar-refractivity contribution in [3.8, 4) is 0 Å². The molecule has 0 unspecified atom stereocenters. The van der Waals surface area contributed by atoms with Gasteiger partial charge in [-0.05, 0) is 18.2 Å². The molecule has 96 valence electrons. The first kappa shape index (κ1) is 12.5. The van der Waals surface area contributed by atoms with E-state index in [-0.39, 0.29) is 16.3 Å². The normalized spacial score (nSPS) is 11.7. The van der Waals surface area contributed by atoms with Crippen molar-refractivity contribution in [2.75, 3.05) is 5.73 Å². The van der Waals surface area contributed by atoms with Crippen LogP contribution in [0.1, 0.15) is 5.69 Å². The fourth-order valence-corrected chi connectivity index (χ4v) is 2.80. The summed E-state index contributed by atoms with van der Waals surface area (Å²) in [5, 5.41) is 7.31. The number of halogens is 1. The number of hydrogen-bond acceptors (Lipinski definition) is 5. The maximum Gasteiger partial charge on any atom is 0.184 e. The van der Waals surface area contributed by atoms with Crippen LogP contribution in [0, 0.1) is 5.82 Å². The highest BCUT2D eigenvalue weighted by Gasteiger charge is 2.18. The molecule has 2 aromatic rings. The Morgan fingerprint density at radius 3 is 2.67 bits per heavy atom. The van der Waals surface area contributed by atoms with Crippen molar-refractivity contribution in [1.82, 2.24) is 15.0 Å². The van der Waals surface area contributed by atoms with Crippen LogP contribution in [-0.4, -0.2) is 23.4 Å². The average Bonchev–Trinajstić information content (AvgIpc) is 2.61. The van der Waals surface area contributed by atoms with Crippen LogP contribution in [-0.2, 0) is 22.6 Å². The van der Waals surface area contributed by atoms with Gasteiger partial charge in [-0.15, -0.1) is 5.10 Å². The Balaban J connectivity index is 2.36. The van der Waals surface area contributed by atoms with Crippen LogP contribution >= 0.6 is 0 Å². The van der Waals surface area contributed by atoms with Crippen LogP contribution < -0.4 is 5.73 Å². The number of sulfone groups is 1. The second-order valence-corrected chi connectivity index (χ2v) is 5.85. The number of anilines is 1. The second kappa shape index (κ2) is 4.37. The molecule has 0 bridgehead atoms. The third kappa shape index (κ3) is 2.65. The quantitative estimate of drug-likeness (QED) is 0.821. The summed E-state index contributed by atoms with van der Waals surface area (Å²) in [6.07, 6.45) is 1.49. The van der Waals surface area contributed by atoms with E-state index in [9.17, 15) is 12.8 Å². The zero-order valence-electron chi connectivity index (χ0n) is 9.54.